The fourth-order valence-electron chi connectivity index (χ4n) is 2.50. The second-order valence-electron chi connectivity index (χ2n) is 4.95. The summed E-state index contributed by atoms with van der Waals surface area (Å²) in [5, 5.41) is 3.65. The molecule has 1 heterocycles. The molecule has 1 unspecified atom stereocenters. The Bertz CT molecular complexity index is 377. The maximum atomic E-state index is 3.94. The first-order valence-corrected chi connectivity index (χ1v) is 7.36. The first kappa shape index (κ1) is 13.8. The Hall–Kier alpha value is -0.640. The normalized spacial score (nSPS) is 21.5. The zero-order valence-corrected chi connectivity index (χ0v) is 12.3. The van der Waals surface area contributed by atoms with E-state index in [1.54, 1.807) is 0 Å². The van der Waals surface area contributed by atoms with Gasteiger partial charge in [-0.3, -0.25) is 4.90 Å². The fraction of sp³-hybridized carbons (Fsp3) is 0.467. The van der Waals surface area contributed by atoms with Crippen LogP contribution in [-0.4, -0.2) is 37.1 Å². The van der Waals surface area contributed by atoms with Gasteiger partial charge in [0.25, 0.3) is 0 Å². The van der Waals surface area contributed by atoms with Crippen LogP contribution in [0.4, 0.5) is 0 Å². The van der Waals surface area contributed by atoms with Gasteiger partial charge in [0.15, 0.2) is 0 Å². The van der Waals surface area contributed by atoms with E-state index in [4.69, 9.17) is 0 Å². The lowest BCUT2D eigenvalue weighted by Crippen LogP contribution is -2.39. The van der Waals surface area contributed by atoms with Crippen molar-refractivity contribution < 1.29 is 0 Å². The standard InChI is InChI=1S/C15H21BrN2/c1-13(16)11-18-9-5-8-17-15(12-18)10-14-6-3-2-4-7-14/h2-4,6-7,15,17H,1,5,8-12H2. The predicted octanol–water partition coefficient (Wildman–Crippen LogP) is 2.80. The van der Waals surface area contributed by atoms with Gasteiger partial charge in [-0.15, -0.1) is 0 Å². The minimum atomic E-state index is 0.543. The van der Waals surface area contributed by atoms with Crippen molar-refractivity contribution in [3.8, 4) is 0 Å². The van der Waals surface area contributed by atoms with E-state index in [0.717, 1.165) is 37.1 Å². The molecule has 3 heteroatoms. The molecule has 0 radical (unpaired) electrons. The van der Waals surface area contributed by atoms with Crippen LogP contribution >= 0.6 is 15.9 Å². The van der Waals surface area contributed by atoms with Gasteiger partial charge >= 0.3 is 0 Å². The van der Waals surface area contributed by atoms with Crippen LogP contribution in [0.25, 0.3) is 0 Å². The second kappa shape index (κ2) is 7.07. The average molecular weight is 309 g/mol. The highest BCUT2D eigenvalue weighted by molar-refractivity contribution is 9.11. The molecule has 2 nitrogen and oxygen atoms in total. The largest absolute Gasteiger partial charge is 0.312 e. The van der Waals surface area contributed by atoms with Gasteiger partial charge in [-0.05, 0) is 31.5 Å². The summed E-state index contributed by atoms with van der Waals surface area (Å²) in [4.78, 5) is 2.48. The van der Waals surface area contributed by atoms with Crippen LogP contribution in [0.2, 0.25) is 0 Å². The summed E-state index contributed by atoms with van der Waals surface area (Å²) in [6, 6.07) is 11.3. The van der Waals surface area contributed by atoms with E-state index in [9.17, 15) is 0 Å². The molecule has 1 saturated heterocycles. The van der Waals surface area contributed by atoms with Crippen molar-refractivity contribution >= 4 is 15.9 Å². The van der Waals surface area contributed by atoms with Crippen molar-refractivity contribution in [2.75, 3.05) is 26.2 Å². The third kappa shape index (κ3) is 4.56. The van der Waals surface area contributed by atoms with E-state index in [1.807, 2.05) is 0 Å². The number of rotatable bonds is 4. The number of halogens is 1. The molecule has 98 valence electrons. The summed E-state index contributed by atoms with van der Waals surface area (Å²) < 4.78 is 1.07. The van der Waals surface area contributed by atoms with Gasteiger partial charge in [0, 0.05) is 23.6 Å². The molecule has 0 saturated carbocycles. The molecular weight excluding hydrogens is 288 g/mol. The number of hydrogen-bond acceptors (Lipinski definition) is 2. The highest BCUT2D eigenvalue weighted by Crippen LogP contribution is 2.11. The van der Waals surface area contributed by atoms with E-state index in [-0.39, 0.29) is 0 Å². The lowest BCUT2D eigenvalue weighted by Gasteiger charge is -2.24. The van der Waals surface area contributed by atoms with E-state index >= 15 is 0 Å². The van der Waals surface area contributed by atoms with Gasteiger partial charge in [-0.25, -0.2) is 0 Å². The average Bonchev–Trinajstić information content (AvgIpc) is 2.55. The molecule has 1 fully saturated rings. The smallest absolute Gasteiger partial charge is 0.0294 e. The van der Waals surface area contributed by atoms with E-state index in [1.165, 1.54) is 12.0 Å². The van der Waals surface area contributed by atoms with Crippen molar-refractivity contribution in [2.45, 2.75) is 18.9 Å². The van der Waals surface area contributed by atoms with Crippen LogP contribution in [0, 0.1) is 0 Å². The molecule has 1 aromatic rings. The molecule has 1 aliphatic rings. The van der Waals surface area contributed by atoms with Gasteiger partial charge in [0.2, 0.25) is 0 Å². The van der Waals surface area contributed by atoms with Crippen molar-refractivity contribution in [3.05, 3.63) is 47.0 Å². The SMILES string of the molecule is C=C(Br)CN1CCCNC(Cc2ccccc2)C1. The first-order chi connectivity index (χ1) is 8.74. The molecule has 2 rings (SSSR count). The second-order valence-corrected chi connectivity index (χ2v) is 6.07. The maximum Gasteiger partial charge on any atom is 0.0294 e. The van der Waals surface area contributed by atoms with Crippen LogP contribution in [0.3, 0.4) is 0 Å². The third-order valence-electron chi connectivity index (χ3n) is 3.28. The molecule has 0 spiro atoms. The zero-order chi connectivity index (χ0) is 12.8. The van der Waals surface area contributed by atoms with Crippen LogP contribution in [0.5, 0.6) is 0 Å². The molecule has 0 bridgehead atoms. The summed E-state index contributed by atoms with van der Waals surface area (Å²) in [5.41, 5.74) is 1.41. The maximum absolute atomic E-state index is 3.94. The molecule has 1 aromatic carbocycles. The Balaban J connectivity index is 1.92. The fourth-order valence-corrected chi connectivity index (χ4v) is 2.85. The van der Waals surface area contributed by atoms with Crippen LogP contribution in [0.15, 0.2) is 41.4 Å². The summed E-state index contributed by atoms with van der Waals surface area (Å²) in [7, 11) is 0. The first-order valence-electron chi connectivity index (χ1n) is 6.57. The third-order valence-corrected chi connectivity index (χ3v) is 3.53. The Morgan fingerprint density at radius 3 is 2.89 bits per heavy atom. The van der Waals surface area contributed by atoms with Gasteiger partial charge in [0.05, 0.1) is 0 Å². The lowest BCUT2D eigenvalue weighted by atomic mass is 10.1. The van der Waals surface area contributed by atoms with Gasteiger partial charge in [-0.1, -0.05) is 52.8 Å². The Morgan fingerprint density at radius 1 is 1.39 bits per heavy atom. The monoisotopic (exact) mass is 308 g/mol. The molecule has 0 aliphatic carbocycles. The predicted molar refractivity (Wildman–Crippen MR) is 81.1 cm³/mol. The molecular formula is C15H21BrN2. The van der Waals surface area contributed by atoms with Crippen LogP contribution in [-0.2, 0) is 6.42 Å². The van der Waals surface area contributed by atoms with Gasteiger partial charge < -0.3 is 5.32 Å². The van der Waals surface area contributed by atoms with Crippen molar-refractivity contribution in [2.24, 2.45) is 0 Å². The summed E-state index contributed by atoms with van der Waals surface area (Å²) in [5.74, 6) is 0. The van der Waals surface area contributed by atoms with Crippen molar-refractivity contribution in [1.82, 2.24) is 10.2 Å². The Kier molecular flexibility index (Phi) is 5.42. The highest BCUT2D eigenvalue weighted by atomic mass is 79.9. The molecule has 0 aromatic heterocycles. The highest BCUT2D eigenvalue weighted by Gasteiger charge is 2.17. The van der Waals surface area contributed by atoms with Gasteiger partial charge in [0.1, 0.15) is 0 Å². The molecule has 1 aliphatic heterocycles. The quantitative estimate of drug-likeness (QED) is 0.920. The topological polar surface area (TPSA) is 15.3 Å². The Morgan fingerprint density at radius 2 is 2.17 bits per heavy atom. The van der Waals surface area contributed by atoms with E-state index in [0.29, 0.717) is 6.04 Å². The number of nitrogens with one attached hydrogen (secondary N) is 1. The van der Waals surface area contributed by atoms with Crippen molar-refractivity contribution in [3.63, 3.8) is 0 Å². The lowest BCUT2D eigenvalue weighted by molar-refractivity contribution is 0.292. The number of nitrogens with zero attached hydrogens (tertiary/aromatic N) is 1. The molecule has 1 atom stereocenters. The molecule has 18 heavy (non-hydrogen) atoms. The number of benzene rings is 1. The minimum Gasteiger partial charge on any atom is -0.312 e. The van der Waals surface area contributed by atoms with Gasteiger partial charge in [-0.2, -0.15) is 0 Å². The zero-order valence-electron chi connectivity index (χ0n) is 10.7. The van der Waals surface area contributed by atoms with Crippen molar-refractivity contribution in [1.29, 1.82) is 0 Å². The summed E-state index contributed by atoms with van der Waals surface area (Å²) in [6.45, 7) is 8.26. The Labute approximate surface area is 118 Å². The summed E-state index contributed by atoms with van der Waals surface area (Å²) in [6.07, 6.45) is 2.32. The van der Waals surface area contributed by atoms with E-state index in [2.05, 4.69) is 63.1 Å². The number of hydrogen-bond donors (Lipinski definition) is 1. The minimum absolute atomic E-state index is 0.543. The molecule has 0 amide bonds. The summed E-state index contributed by atoms with van der Waals surface area (Å²) >= 11 is 3.47. The van der Waals surface area contributed by atoms with Crippen LogP contribution < -0.4 is 5.32 Å². The molecule has 1 N–H and O–H groups in total. The van der Waals surface area contributed by atoms with Crippen LogP contribution in [0.1, 0.15) is 12.0 Å². The van der Waals surface area contributed by atoms with E-state index < -0.39 is 0 Å².